The summed E-state index contributed by atoms with van der Waals surface area (Å²) in [5.74, 6) is -2.42. The van der Waals surface area contributed by atoms with E-state index in [-0.39, 0.29) is 55.8 Å². The van der Waals surface area contributed by atoms with Crippen LogP contribution in [0.15, 0.2) is 24.3 Å². The summed E-state index contributed by atoms with van der Waals surface area (Å²) in [5.41, 5.74) is 0.314. The number of anilines is 2. The molecule has 40 heavy (non-hydrogen) atoms. The maximum atomic E-state index is 14.1. The Morgan fingerprint density at radius 1 is 1.12 bits per heavy atom. The molecule has 1 aliphatic heterocycles. The third-order valence-corrected chi connectivity index (χ3v) is 8.01. The Morgan fingerprint density at radius 2 is 1.80 bits per heavy atom. The molecule has 0 spiro atoms. The first kappa shape index (κ1) is 29.7. The fraction of sp³-hybridized carbons (Fsp3) is 0.360. The number of hydrogen-bond acceptors (Lipinski definition) is 8. The van der Waals surface area contributed by atoms with Crippen molar-refractivity contribution in [3.05, 3.63) is 61.6 Å². The third-order valence-electron chi connectivity index (χ3n) is 6.08. The Bertz CT molecular complexity index is 1470. The second-order valence-electron chi connectivity index (χ2n) is 8.68. The molecule has 1 aliphatic rings. The van der Waals surface area contributed by atoms with E-state index in [0.29, 0.717) is 10.2 Å². The van der Waals surface area contributed by atoms with E-state index in [1.807, 2.05) is 0 Å². The largest absolute Gasteiger partial charge is 0.462 e. The predicted molar refractivity (Wildman–Crippen MR) is 144 cm³/mol. The van der Waals surface area contributed by atoms with Gasteiger partial charge in [-0.05, 0) is 44.0 Å². The van der Waals surface area contributed by atoms with Crippen LogP contribution in [0.4, 0.5) is 24.0 Å². The molecule has 0 unspecified atom stereocenters. The number of fused-ring (bicyclic) bond motifs is 1. The fourth-order valence-electron chi connectivity index (χ4n) is 4.24. The van der Waals surface area contributed by atoms with Crippen LogP contribution >= 0.6 is 34.5 Å². The summed E-state index contributed by atoms with van der Waals surface area (Å²) in [6, 6.07) is 2.86. The van der Waals surface area contributed by atoms with Gasteiger partial charge in [-0.2, -0.15) is 18.3 Å². The number of rotatable bonds is 7. The normalized spacial score (nSPS) is 16.6. The zero-order chi connectivity index (χ0) is 29.4. The highest BCUT2D eigenvalue weighted by Gasteiger charge is 2.47. The van der Waals surface area contributed by atoms with Crippen molar-refractivity contribution in [3.8, 4) is 0 Å². The van der Waals surface area contributed by atoms with Crippen molar-refractivity contribution in [1.29, 1.82) is 0 Å². The zero-order valence-corrected chi connectivity index (χ0v) is 23.6. The summed E-state index contributed by atoms with van der Waals surface area (Å²) in [4.78, 5) is 38.3. The number of esters is 2. The van der Waals surface area contributed by atoms with E-state index in [1.165, 1.54) is 25.1 Å². The van der Waals surface area contributed by atoms with Gasteiger partial charge in [0.15, 0.2) is 11.7 Å². The number of halogens is 5. The van der Waals surface area contributed by atoms with Crippen molar-refractivity contribution in [2.45, 2.75) is 45.5 Å². The number of amides is 1. The Balaban J connectivity index is 1.68. The zero-order valence-electron chi connectivity index (χ0n) is 21.3. The number of thiophene rings is 1. The van der Waals surface area contributed by atoms with Gasteiger partial charge in [0.25, 0.3) is 5.91 Å². The third kappa shape index (κ3) is 5.91. The quantitative estimate of drug-likeness (QED) is 0.279. The second kappa shape index (κ2) is 11.7. The van der Waals surface area contributed by atoms with Gasteiger partial charge >= 0.3 is 18.1 Å². The topological polar surface area (TPSA) is 112 Å². The molecule has 0 saturated carbocycles. The van der Waals surface area contributed by atoms with Crippen molar-refractivity contribution < 1.29 is 37.0 Å². The van der Waals surface area contributed by atoms with Crippen LogP contribution in [0, 0.1) is 6.92 Å². The van der Waals surface area contributed by atoms with E-state index >= 15 is 0 Å². The molecule has 1 amide bonds. The van der Waals surface area contributed by atoms with Crippen LogP contribution in [-0.2, 0) is 9.47 Å². The van der Waals surface area contributed by atoms with E-state index < -0.39 is 42.5 Å². The predicted octanol–water partition coefficient (Wildman–Crippen LogP) is 6.83. The van der Waals surface area contributed by atoms with E-state index in [2.05, 4.69) is 15.7 Å². The highest BCUT2D eigenvalue weighted by Crippen LogP contribution is 2.44. The van der Waals surface area contributed by atoms with Crippen LogP contribution in [0.5, 0.6) is 0 Å². The molecular formula is C25H23Cl2F3N4O5S. The second-order valence-corrected chi connectivity index (χ2v) is 10.5. The molecule has 214 valence electrons. The number of nitrogens with zero attached hydrogens (tertiary/aromatic N) is 2. The number of hydrogen-bond donors (Lipinski definition) is 2. The van der Waals surface area contributed by atoms with E-state index in [9.17, 15) is 27.6 Å². The molecule has 2 atom stereocenters. The van der Waals surface area contributed by atoms with E-state index in [1.54, 1.807) is 19.9 Å². The minimum Gasteiger partial charge on any atom is -0.462 e. The SMILES string of the molecule is CCOC(=O)c1sc(NC(=O)c2cc3n(n2)[C@@H](C(F)(F)F)C[C@@H](c2ccc(Cl)c(Cl)c2)N3)c(C(=O)OCC)c1C. The molecule has 0 radical (unpaired) electrons. The molecule has 0 aliphatic carbocycles. The lowest BCUT2D eigenvalue weighted by molar-refractivity contribution is -0.173. The van der Waals surface area contributed by atoms with Crippen molar-refractivity contribution in [3.63, 3.8) is 0 Å². The number of nitrogens with one attached hydrogen (secondary N) is 2. The van der Waals surface area contributed by atoms with Gasteiger partial charge in [0.1, 0.15) is 15.7 Å². The van der Waals surface area contributed by atoms with Crippen molar-refractivity contribution in [2.24, 2.45) is 0 Å². The first-order valence-electron chi connectivity index (χ1n) is 12.0. The number of ether oxygens (including phenoxy) is 2. The monoisotopic (exact) mass is 618 g/mol. The van der Waals surface area contributed by atoms with Crippen molar-refractivity contribution in [2.75, 3.05) is 23.8 Å². The highest BCUT2D eigenvalue weighted by molar-refractivity contribution is 7.18. The minimum atomic E-state index is -4.68. The molecule has 3 aromatic rings. The number of alkyl halides is 3. The lowest BCUT2D eigenvalue weighted by atomic mass is 9.97. The number of benzene rings is 1. The molecule has 3 heterocycles. The fourth-order valence-corrected chi connectivity index (χ4v) is 5.63. The van der Waals surface area contributed by atoms with Gasteiger partial charge in [-0.15, -0.1) is 11.3 Å². The van der Waals surface area contributed by atoms with Crippen LogP contribution in [0.2, 0.25) is 10.0 Å². The maximum absolute atomic E-state index is 14.1. The molecule has 2 aromatic heterocycles. The summed E-state index contributed by atoms with van der Waals surface area (Å²) in [7, 11) is 0. The van der Waals surface area contributed by atoms with Crippen molar-refractivity contribution in [1.82, 2.24) is 9.78 Å². The van der Waals surface area contributed by atoms with Gasteiger partial charge in [-0.1, -0.05) is 29.3 Å². The summed E-state index contributed by atoms with van der Waals surface area (Å²) in [6.45, 7) is 4.83. The number of carbonyl (C=O) groups excluding carboxylic acids is 3. The Kier molecular flexibility index (Phi) is 8.66. The van der Waals surface area contributed by atoms with Gasteiger partial charge < -0.3 is 20.1 Å². The number of carbonyl (C=O) groups is 3. The molecule has 0 fully saturated rings. The molecule has 4 rings (SSSR count). The first-order chi connectivity index (χ1) is 18.8. The van der Waals surface area contributed by atoms with Crippen LogP contribution in [0.3, 0.4) is 0 Å². The Hall–Kier alpha value is -3.29. The Labute approximate surface area is 240 Å². The lowest BCUT2D eigenvalue weighted by Gasteiger charge is -2.33. The Morgan fingerprint density at radius 3 is 2.42 bits per heavy atom. The standard InChI is InChI=1S/C25H23Cl2F3N4O5S/c1-4-38-23(36)19-11(3)20(24(37)39-5-2)40-22(19)32-21(35)16-10-18-31-15(12-6-7-13(26)14(27)8-12)9-17(25(28,29)30)34(18)33-16/h6-8,10,15,17,31H,4-5,9H2,1-3H3,(H,32,35)/t15-,17+/m0/s1. The van der Waals surface area contributed by atoms with Gasteiger partial charge in [0, 0.05) is 12.5 Å². The average Bonchev–Trinajstić information content (AvgIpc) is 3.45. The van der Waals surface area contributed by atoms with E-state index in [0.717, 1.165) is 11.3 Å². The molecule has 2 N–H and O–H groups in total. The minimum absolute atomic E-state index is 0.0241. The van der Waals surface area contributed by atoms with Gasteiger partial charge in [0.05, 0.1) is 34.9 Å². The molecule has 9 nitrogen and oxygen atoms in total. The summed E-state index contributed by atoms with van der Waals surface area (Å²) < 4.78 is 53.0. The molecule has 1 aromatic carbocycles. The van der Waals surface area contributed by atoms with Gasteiger partial charge in [0.2, 0.25) is 0 Å². The highest BCUT2D eigenvalue weighted by atomic mass is 35.5. The van der Waals surface area contributed by atoms with Crippen LogP contribution in [0.1, 0.15) is 74.0 Å². The lowest BCUT2D eigenvalue weighted by Crippen LogP contribution is -2.35. The summed E-state index contributed by atoms with van der Waals surface area (Å²) in [5, 5.41) is 9.83. The van der Waals surface area contributed by atoms with Gasteiger partial charge in [-0.3, -0.25) is 4.79 Å². The summed E-state index contributed by atoms with van der Waals surface area (Å²) >= 11 is 12.8. The number of aromatic nitrogens is 2. The smallest absolute Gasteiger partial charge is 0.410 e. The average molecular weight is 619 g/mol. The maximum Gasteiger partial charge on any atom is 0.410 e. The van der Waals surface area contributed by atoms with Crippen LogP contribution in [-0.4, -0.2) is 47.0 Å². The van der Waals surface area contributed by atoms with E-state index in [4.69, 9.17) is 32.7 Å². The molecular weight excluding hydrogens is 596 g/mol. The van der Waals surface area contributed by atoms with Crippen LogP contribution < -0.4 is 10.6 Å². The molecule has 0 saturated heterocycles. The van der Waals surface area contributed by atoms with Crippen molar-refractivity contribution >= 4 is 63.2 Å². The van der Waals surface area contributed by atoms with Gasteiger partial charge in [-0.25, -0.2) is 14.3 Å². The summed E-state index contributed by atoms with van der Waals surface area (Å²) in [6.07, 6.45) is -5.10. The molecule has 15 heteroatoms. The molecule has 0 bridgehead atoms. The van der Waals surface area contributed by atoms with Crippen LogP contribution in [0.25, 0.3) is 0 Å². The first-order valence-corrected chi connectivity index (χ1v) is 13.6.